The second-order valence-electron chi connectivity index (χ2n) is 4.53. The predicted octanol–water partition coefficient (Wildman–Crippen LogP) is 1.02. The second kappa shape index (κ2) is 4.47. The maximum absolute atomic E-state index is 5.44. The lowest BCUT2D eigenvalue weighted by atomic mass is 9.97. The number of hydrogen-bond donors (Lipinski definition) is 1. The Labute approximate surface area is 95.4 Å². The van der Waals surface area contributed by atoms with Crippen molar-refractivity contribution >= 4 is 0 Å². The standard InChI is InChI=1S/C12H17N3O/c1-4-13-5-2-9(1)12-14-7-10-3-6-16-8-11(10)15-12/h7,9,13H,1-6,8H2. The second-order valence-corrected chi connectivity index (χ2v) is 4.53. The zero-order valence-electron chi connectivity index (χ0n) is 9.41. The number of ether oxygens (including phenoxy) is 1. The maximum atomic E-state index is 5.44. The molecule has 0 aromatic carbocycles. The first-order chi connectivity index (χ1) is 7.93. The lowest BCUT2D eigenvalue weighted by Crippen LogP contribution is -2.28. The number of aromatic nitrogens is 2. The van der Waals surface area contributed by atoms with Crippen LogP contribution in [0.3, 0.4) is 0 Å². The molecule has 2 aliphatic heterocycles. The Bertz CT molecular complexity index is 375. The molecule has 2 aliphatic rings. The van der Waals surface area contributed by atoms with Crippen LogP contribution < -0.4 is 5.32 Å². The summed E-state index contributed by atoms with van der Waals surface area (Å²) in [5, 5.41) is 3.37. The molecule has 1 fully saturated rings. The molecule has 1 N–H and O–H groups in total. The van der Waals surface area contributed by atoms with Gasteiger partial charge in [0.05, 0.1) is 18.9 Å². The Kier molecular flexibility index (Phi) is 2.84. The third-order valence-electron chi connectivity index (χ3n) is 3.43. The summed E-state index contributed by atoms with van der Waals surface area (Å²) in [5.74, 6) is 1.55. The molecule has 4 nitrogen and oxygen atoms in total. The van der Waals surface area contributed by atoms with Crippen LogP contribution in [0.2, 0.25) is 0 Å². The van der Waals surface area contributed by atoms with Gasteiger partial charge < -0.3 is 10.1 Å². The van der Waals surface area contributed by atoms with Crippen molar-refractivity contribution in [3.63, 3.8) is 0 Å². The first kappa shape index (κ1) is 10.2. The molecule has 0 aliphatic carbocycles. The Morgan fingerprint density at radius 1 is 1.31 bits per heavy atom. The van der Waals surface area contributed by atoms with Crippen LogP contribution in [0.1, 0.15) is 35.8 Å². The van der Waals surface area contributed by atoms with Crippen molar-refractivity contribution in [2.24, 2.45) is 0 Å². The lowest BCUT2D eigenvalue weighted by molar-refractivity contribution is 0.107. The molecule has 0 bridgehead atoms. The van der Waals surface area contributed by atoms with E-state index in [-0.39, 0.29) is 0 Å². The minimum Gasteiger partial charge on any atom is -0.375 e. The van der Waals surface area contributed by atoms with E-state index < -0.39 is 0 Å². The summed E-state index contributed by atoms with van der Waals surface area (Å²) in [5.41, 5.74) is 2.37. The molecule has 1 aromatic rings. The van der Waals surface area contributed by atoms with Gasteiger partial charge in [-0.1, -0.05) is 0 Å². The quantitative estimate of drug-likeness (QED) is 0.766. The summed E-state index contributed by atoms with van der Waals surface area (Å²) in [6, 6.07) is 0. The molecule has 4 heteroatoms. The number of rotatable bonds is 1. The molecule has 1 aromatic heterocycles. The van der Waals surface area contributed by atoms with Crippen LogP contribution in [0.4, 0.5) is 0 Å². The molecule has 0 amide bonds. The third-order valence-corrected chi connectivity index (χ3v) is 3.43. The zero-order chi connectivity index (χ0) is 10.8. The summed E-state index contributed by atoms with van der Waals surface area (Å²) in [7, 11) is 0. The summed E-state index contributed by atoms with van der Waals surface area (Å²) in [4.78, 5) is 9.19. The normalized spacial score (nSPS) is 21.8. The van der Waals surface area contributed by atoms with Crippen LogP contribution in [0.15, 0.2) is 6.20 Å². The minimum absolute atomic E-state index is 0.536. The summed E-state index contributed by atoms with van der Waals surface area (Å²) in [6.45, 7) is 3.64. The van der Waals surface area contributed by atoms with Gasteiger partial charge in [0.25, 0.3) is 0 Å². The van der Waals surface area contributed by atoms with Gasteiger partial charge in [0.1, 0.15) is 5.82 Å². The van der Waals surface area contributed by atoms with E-state index >= 15 is 0 Å². The highest BCUT2D eigenvalue weighted by molar-refractivity contribution is 5.20. The van der Waals surface area contributed by atoms with Gasteiger partial charge in [0.2, 0.25) is 0 Å². The number of nitrogens with one attached hydrogen (secondary N) is 1. The van der Waals surface area contributed by atoms with Gasteiger partial charge in [0, 0.05) is 12.1 Å². The van der Waals surface area contributed by atoms with E-state index in [2.05, 4.69) is 15.3 Å². The van der Waals surface area contributed by atoms with Crippen molar-refractivity contribution in [2.45, 2.75) is 31.8 Å². The first-order valence-corrected chi connectivity index (χ1v) is 6.06. The van der Waals surface area contributed by atoms with Crippen LogP contribution >= 0.6 is 0 Å². The molecular weight excluding hydrogens is 202 g/mol. The predicted molar refractivity (Wildman–Crippen MR) is 60.2 cm³/mol. The Morgan fingerprint density at radius 2 is 2.19 bits per heavy atom. The first-order valence-electron chi connectivity index (χ1n) is 6.06. The van der Waals surface area contributed by atoms with Gasteiger partial charge in [-0.3, -0.25) is 0 Å². The number of fused-ring (bicyclic) bond motifs is 1. The molecule has 3 rings (SSSR count). The van der Waals surface area contributed by atoms with Crippen LogP contribution in [0.5, 0.6) is 0 Å². The molecule has 16 heavy (non-hydrogen) atoms. The molecule has 0 saturated carbocycles. The van der Waals surface area contributed by atoms with Gasteiger partial charge in [-0.05, 0) is 37.9 Å². The zero-order valence-corrected chi connectivity index (χ0v) is 9.41. The van der Waals surface area contributed by atoms with Gasteiger partial charge in [0.15, 0.2) is 0 Å². The van der Waals surface area contributed by atoms with Crippen LogP contribution in [-0.2, 0) is 17.8 Å². The van der Waals surface area contributed by atoms with E-state index in [9.17, 15) is 0 Å². The van der Waals surface area contributed by atoms with Crippen LogP contribution in [0.25, 0.3) is 0 Å². The van der Waals surface area contributed by atoms with Crippen molar-refractivity contribution in [2.75, 3.05) is 19.7 Å². The SMILES string of the molecule is c1nc(C2CCNCC2)nc2c1CCOC2. The fourth-order valence-electron chi connectivity index (χ4n) is 2.42. The van der Waals surface area contributed by atoms with Crippen LogP contribution in [0, 0.1) is 0 Å². The molecule has 3 heterocycles. The van der Waals surface area contributed by atoms with Crippen molar-refractivity contribution < 1.29 is 4.74 Å². The van der Waals surface area contributed by atoms with E-state index in [0.29, 0.717) is 12.5 Å². The molecule has 1 saturated heterocycles. The van der Waals surface area contributed by atoms with Crippen molar-refractivity contribution in [1.29, 1.82) is 0 Å². The lowest BCUT2D eigenvalue weighted by Gasteiger charge is -2.23. The highest BCUT2D eigenvalue weighted by Crippen LogP contribution is 2.23. The van der Waals surface area contributed by atoms with Crippen molar-refractivity contribution in [3.05, 3.63) is 23.3 Å². The average molecular weight is 219 g/mol. The molecule has 0 unspecified atom stereocenters. The fraction of sp³-hybridized carbons (Fsp3) is 0.667. The molecular formula is C12H17N3O. The number of piperidine rings is 1. The highest BCUT2D eigenvalue weighted by atomic mass is 16.5. The molecule has 0 radical (unpaired) electrons. The van der Waals surface area contributed by atoms with Crippen LogP contribution in [-0.4, -0.2) is 29.7 Å². The fourth-order valence-corrected chi connectivity index (χ4v) is 2.42. The van der Waals surface area contributed by atoms with Gasteiger partial charge >= 0.3 is 0 Å². The van der Waals surface area contributed by atoms with E-state index in [0.717, 1.165) is 50.5 Å². The Hall–Kier alpha value is -1.00. The summed E-state index contributed by atoms with van der Waals surface area (Å²) in [6.07, 6.45) is 5.27. The number of hydrogen-bond acceptors (Lipinski definition) is 4. The summed E-state index contributed by atoms with van der Waals surface area (Å²) < 4.78 is 5.44. The molecule has 86 valence electrons. The van der Waals surface area contributed by atoms with Gasteiger partial charge in [-0.25, -0.2) is 9.97 Å². The largest absolute Gasteiger partial charge is 0.375 e. The number of nitrogens with zero attached hydrogens (tertiary/aromatic N) is 2. The third kappa shape index (κ3) is 1.95. The topological polar surface area (TPSA) is 47.0 Å². The van der Waals surface area contributed by atoms with Gasteiger partial charge in [-0.2, -0.15) is 0 Å². The maximum Gasteiger partial charge on any atom is 0.131 e. The van der Waals surface area contributed by atoms with E-state index in [1.54, 1.807) is 0 Å². The van der Waals surface area contributed by atoms with E-state index in [1.165, 1.54) is 5.56 Å². The average Bonchev–Trinajstić information content (AvgIpc) is 2.39. The van der Waals surface area contributed by atoms with Gasteiger partial charge in [-0.15, -0.1) is 0 Å². The Morgan fingerprint density at radius 3 is 3.06 bits per heavy atom. The van der Waals surface area contributed by atoms with Crippen molar-refractivity contribution in [3.8, 4) is 0 Å². The summed E-state index contributed by atoms with van der Waals surface area (Å²) >= 11 is 0. The van der Waals surface area contributed by atoms with E-state index in [1.807, 2.05) is 6.20 Å². The molecule has 0 spiro atoms. The minimum atomic E-state index is 0.536. The van der Waals surface area contributed by atoms with E-state index in [4.69, 9.17) is 4.74 Å². The highest BCUT2D eigenvalue weighted by Gasteiger charge is 2.20. The molecule has 0 atom stereocenters. The Balaban J connectivity index is 1.84. The monoisotopic (exact) mass is 219 g/mol. The smallest absolute Gasteiger partial charge is 0.131 e. The van der Waals surface area contributed by atoms with Crippen molar-refractivity contribution in [1.82, 2.24) is 15.3 Å².